The summed E-state index contributed by atoms with van der Waals surface area (Å²) in [5.74, 6) is -0.792. The van der Waals surface area contributed by atoms with Gasteiger partial charge < -0.3 is 20.5 Å². The van der Waals surface area contributed by atoms with Crippen LogP contribution in [0.1, 0.15) is 38.8 Å². The fourth-order valence-corrected chi connectivity index (χ4v) is 2.98. The van der Waals surface area contributed by atoms with E-state index in [1.165, 1.54) is 0 Å². The van der Waals surface area contributed by atoms with E-state index in [2.05, 4.69) is 5.32 Å². The molecule has 7 heteroatoms. The fraction of sp³-hybridized carbons (Fsp3) is 0.286. The highest BCUT2D eigenvalue weighted by Gasteiger charge is 2.31. The number of carbonyl (C=O) groups excluding carboxylic acids is 3. The molecule has 146 valence electrons. The quantitative estimate of drug-likeness (QED) is 0.452. The smallest absolute Gasteiger partial charge is 0.322 e. The van der Waals surface area contributed by atoms with Gasteiger partial charge in [0.25, 0.3) is 0 Å². The molecule has 0 aromatic heterocycles. The van der Waals surface area contributed by atoms with E-state index < -0.39 is 12.0 Å². The molecule has 2 aromatic rings. The van der Waals surface area contributed by atoms with Crippen molar-refractivity contribution in [2.24, 2.45) is 5.73 Å². The zero-order valence-corrected chi connectivity index (χ0v) is 15.6. The Hall–Kier alpha value is -3.03. The molecule has 0 aliphatic heterocycles. The molecule has 0 saturated carbocycles. The van der Waals surface area contributed by atoms with E-state index in [9.17, 15) is 14.4 Å². The molecule has 28 heavy (non-hydrogen) atoms. The van der Waals surface area contributed by atoms with Crippen LogP contribution in [0.5, 0.6) is 0 Å². The summed E-state index contributed by atoms with van der Waals surface area (Å²) < 4.78 is 10.3. The van der Waals surface area contributed by atoms with E-state index in [0.29, 0.717) is 41.1 Å². The van der Waals surface area contributed by atoms with E-state index in [-0.39, 0.29) is 24.8 Å². The molecule has 7 nitrogen and oxygen atoms in total. The molecular weight excluding hydrogens is 360 g/mol. The number of rotatable bonds is 8. The molecule has 2 aromatic carbocycles. The number of fused-ring (bicyclic) bond motifs is 2. The molecule has 0 spiro atoms. The maximum absolute atomic E-state index is 12.9. The molecule has 1 aliphatic carbocycles. The molecule has 0 bridgehead atoms. The Kier molecular flexibility index (Phi) is 6.18. The lowest BCUT2D eigenvalue weighted by Crippen LogP contribution is -2.29. The molecule has 0 unspecified atom stereocenters. The van der Waals surface area contributed by atoms with Crippen molar-refractivity contribution in [1.29, 1.82) is 0 Å². The summed E-state index contributed by atoms with van der Waals surface area (Å²) in [5.41, 5.74) is 7.62. The van der Waals surface area contributed by atoms with Crippen molar-refractivity contribution in [3.8, 4) is 0 Å². The summed E-state index contributed by atoms with van der Waals surface area (Å²) in [6.07, 6.45) is 0. The molecule has 0 heterocycles. The van der Waals surface area contributed by atoms with Crippen molar-refractivity contribution in [2.45, 2.75) is 13.0 Å². The number of benzene rings is 2. The summed E-state index contributed by atoms with van der Waals surface area (Å²) in [6, 6.07) is 11.4. The number of ether oxygens (including phenoxy) is 2. The van der Waals surface area contributed by atoms with Crippen molar-refractivity contribution in [3.05, 3.63) is 64.7 Å². The number of nitrogens with one attached hydrogen (secondary N) is 1. The van der Waals surface area contributed by atoms with Gasteiger partial charge in [-0.3, -0.25) is 14.4 Å². The predicted molar refractivity (Wildman–Crippen MR) is 104 cm³/mol. The van der Waals surface area contributed by atoms with E-state index in [4.69, 9.17) is 15.2 Å². The second-order valence-corrected chi connectivity index (χ2v) is 6.43. The maximum Gasteiger partial charge on any atom is 0.322 e. The highest BCUT2D eigenvalue weighted by molar-refractivity contribution is 6.30. The highest BCUT2D eigenvalue weighted by atomic mass is 16.6. The van der Waals surface area contributed by atoms with Gasteiger partial charge in [0.2, 0.25) is 0 Å². The highest BCUT2D eigenvalue weighted by Crippen LogP contribution is 2.31. The number of carbonyl (C=O) groups is 3. The Morgan fingerprint density at radius 1 is 0.964 bits per heavy atom. The van der Waals surface area contributed by atoms with Crippen molar-refractivity contribution in [2.75, 3.05) is 31.7 Å². The fourth-order valence-electron chi connectivity index (χ4n) is 2.98. The van der Waals surface area contributed by atoms with Gasteiger partial charge in [0.1, 0.15) is 12.6 Å². The third-order valence-electron chi connectivity index (χ3n) is 4.36. The Balaban J connectivity index is 1.58. The number of hydrogen-bond donors (Lipinski definition) is 2. The number of ketones is 2. The average Bonchev–Trinajstić information content (AvgIpc) is 2.70. The van der Waals surface area contributed by atoms with Crippen LogP contribution < -0.4 is 11.1 Å². The van der Waals surface area contributed by atoms with Gasteiger partial charge in [0.15, 0.2) is 11.6 Å². The van der Waals surface area contributed by atoms with Gasteiger partial charge in [-0.2, -0.15) is 0 Å². The first kappa shape index (κ1) is 19.7. The number of hydrogen-bond acceptors (Lipinski definition) is 7. The first-order chi connectivity index (χ1) is 13.5. The van der Waals surface area contributed by atoms with E-state index >= 15 is 0 Å². The second-order valence-electron chi connectivity index (χ2n) is 6.43. The molecule has 3 N–H and O–H groups in total. The normalized spacial score (nSPS) is 13.5. The summed E-state index contributed by atoms with van der Waals surface area (Å²) in [5, 5.41) is 3.15. The topological polar surface area (TPSA) is 108 Å². The minimum absolute atomic E-state index is 0.130. The van der Waals surface area contributed by atoms with Crippen LogP contribution >= 0.6 is 0 Å². The van der Waals surface area contributed by atoms with Crippen molar-refractivity contribution in [1.82, 2.24) is 0 Å². The van der Waals surface area contributed by atoms with E-state index in [1.54, 1.807) is 49.4 Å². The summed E-state index contributed by atoms with van der Waals surface area (Å²) >= 11 is 0. The monoisotopic (exact) mass is 382 g/mol. The lowest BCUT2D eigenvalue weighted by Gasteiger charge is -2.20. The summed E-state index contributed by atoms with van der Waals surface area (Å²) in [6.45, 7) is 2.71. The van der Waals surface area contributed by atoms with Crippen LogP contribution in [0.3, 0.4) is 0 Å². The Morgan fingerprint density at radius 2 is 1.64 bits per heavy atom. The van der Waals surface area contributed by atoms with Crippen molar-refractivity contribution < 1.29 is 23.9 Å². The SMILES string of the molecule is C[C@@H](N)C(=O)OCCOCCNc1cccc2c1C(=O)c1ccccc1C2=O. The van der Waals surface area contributed by atoms with Crippen LogP contribution in [-0.2, 0) is 14.3 Å². The van der Waals surface area contributed by atoms with Gasteiger partial charge in [-0.25, -0.2) is 0 Å². The lowest BCUT2D eigenvalue weighted by molar-refractivity contribution is -0.146. The molecular formula is C21H22N2O5. The maximum atomic E-state index is 12.9. The second kappa shape index (κ2) is 8.77. The summed E-state index contributed by atoms with van der Waals surface area (Å²) in [4.78, 5) is 36.8. The first-order valence-corrected chi connectivity index (χ1v) is 9.06. The van der Waals surface area contributed by atoms with Crippen LogP contribution in [0.4, 0.5) is 5.69 Å². The first-order valence-electron chi connectivity index (χ1n) is 9.06. The molecule has 1 atom stereocenters. The minimum atomic E-state index is -0.656. The van der Waals surface area contributed by atoms with Crippen molar-refractivity contribution in [3.63, 3.8) is 0 Å². The van der Waals surface area contributed by atoms with Gasteiger partial charge in [0, 0.05) is 28.9 Å². The zero-order chi connectivity index (χ0) is 20.1. The standard InChI is InChI=1S/C21H22N2O5/c1-13(22)21(26)28-12-11-27-10-9-23-17-8-4-7-16-18(17)20(25)15-6-3-2-5-14(15)19(16)24/h2-8,13,23H,9-12,22H2,1H3/t13-/m1/s1. The molecule has 0 saturated heterocycles. The number of nitrogens with two attached hydrogens (primary N) is 1. The van der Waals surface area contributed by atoms with Gasteiger partial charge in [-0.15, -0.1) is 0 Å². The molecule has 0 fully saturated rings. The third-order valence-corrected chi connectivity index (χ3v) is 4.36. The van der Waals surface area contributed by atoms with Crippen LogP contribution in [0, 0.1) is 0 Å². The Morgan fingerprint density at radius 3 is 2.36 bits per heavy atom. The van der Waals surface area contributed by atoms with Crippen LogP contribution in [0.2, 0.25) is 0 Å². The Labute approximate surface area is 162 Å². The van der Waals surface area contributed by atoms with Gasteiger partial charge >= 0.3 is 5.97 Å². The minimum Gasteiger partial charge on any atom is -0.462 e. The average molecular weight is 382 g/mol. The summed E-state index contributed by atoms with van der Waals surface area (Å²) in [7, 11) is 0. The van der Waals surface area contributed by atoms with Gasteiger partial charge in [0.05, 0.1) is 18.8 Å². The van der Waals surface area contributed by atoms with Crippen molar-refractivity contribution >= 4 is 23.2 Å². The Bertz CT molecular complexity index is 907. The largest absolute Gasteiger partial charge is 0.462 e. The van der Waals surface area contributed by atoms with Crippen LogP contribution in [-0.4, -0.2) is 49.9 Å². The van der Waals surface area contributed by atoms with Gasteiger partial charge in [-0.05, 0) is 13.0 Å². The van der Waals surface area contributed by atoms with Crippen LogP contribution in [0.15, 0.2) is 42.5 Å². The molecule has 0 amide bonds. The van der Waals surface area contributed by atoms with E-state index in [0.717, 1.165) is 0 Å². The number of anilines is 1. The van der Waals surface area contributed by atoms with Gasteiger partial charge in [-0.1, -0.05) is 36.4 Å². The molecule has 0 radical (unpaired) electrons. The lowest BCUT2D eigenvalue weighted by atomic mass is 9.83. The predicted octanol–water partition coefficient (Wildman–Crippen LogP) is 1.78. The third kappa shape index (κ3) is 4.11. The van der Waals surface area contributed by atoms with E-state index in [1.807, 2.05) is 0 Å². The zero-order valence-electron chi connectivity index (χ0n) is 15.6. The van der Waals surface area contributed by atoms with Crippen LogP contribution in [0.25, 0.3) is 0 Å². The number of esters is 1. The molecule has 3 rings (SSSR count). The molecule has 1 aliphatic rings.